The monoisotopic (exact) mass is 362 g/mol. The molecule has 2 heterocycles. The maximum absolute atomic E-state index is 12.4. The first-order chi connectivity index (χ1) is 11.1. The van der Waals surface area contributed by atoms with Crippen LogP contribution in [0.3, 0.4) is 0 Å². The zero-order chi connectivity index (χ0) is 18.1. The number of carbonyl (C=O) groups is 2. The van der Waals surface area contributed by atoms with E-state index in [1.165, 1.54) is 6.92 Å². The van der Waals surface area contributed by atoms with Crippen LogP contribution in [0.1, 0.15) is 27.5 Å². The quantitative estimate of drug-likeness (QED) is 0.852. The molecule has 24 heavy (non-hydrogen) atoms. The lowest BCUT2D eigenvalue weighted by Crippen LogP contribution is -2.43. The average molecular weight is 362 g/mol. The van der Waals surface area contributed by atoms with Crippen molar-refractivity contribution in [3.8, 4) is 10.8 Å². The van der Waals surface area contributed by atoms with Crippen LogP contribution in [0.2, 0.25) is 0 Å². The van der Waals surface area contributed by atoms with Crippen molar-refractivity contribution >= 4 is 23.2 Å². The number of rotatable bonds is 5. The number of aliphatic carboxylic acids is 1. The van der Waals surface area contributed by atoms with Crippen LogP contribution in [0, 0.1) is 13.8 Å². The number of carbonyl (C=O) groups excluding carboxylic acids is 1. The summed E-state index contributed by atoms with van der Waals surface area (Å²) >= 11 is 0.915. The topological polar surface area (TPSA) is 92.4 Å². The third-order valence-corrected chi connectivity index (χ3v) is 4.16. The largest absolute Gasteiger partial charge is 0.480 e. The first-order valence-electron chi connectivity index (χ1n) is 6.71. The summed E-state index contributed by atoms with van der Waals surface area (Å²) in [6.07, 6.45) is -6.37. The molecule has 6 nitrogen and oxygen atoms in total. The number of nitrogens with one attached hydrogen (secondary N) is 1. The minimum atomic E-state index is -4.71. The number of furan rings is 1. The van der Waals surface area contributed by atoms with E-state index in [2.05, 4.69) is 4.98 Å². The zero-order valence-electron chi connectivity index (χ0n) is 12.6. The summed E-state index contributed by atoms with van der Waals surface area (Å²) in [4.78, 5) is 27.2. The number of nitrogens with zero attached hydrogens (tertiary/aromatic N) is 1. The number of carboxylic acid groups (broad SMARTS) is 1. The van der Waals surface area contributed by atoms with E-state index in [0.29, 0.717) is 16.5 Å². The molecule has 1 atom stereocenters. The van der Waals surface area contributed by atoms with Gasteiger partial charge in [-0.2, -0.15) is 13.2 Å². The lowest BCUT2D eigenvalue weighted by Gasteiger charge is -2.15. The van der Waals surface area contributed by atoms with Gasteiger partial charge in [-0.15, -0.1) is 11.3 Å². The van der Waals surface area contributed by atoms with E-state index in [-0.39, 0.29) is 10.6 Å². The molecule has 0 radical (unpaired) electrons. The number of thiazole rings is 1. The zero-order valence-corrected chi connectivity index (χ0v) is 13.4. The molecule has 0 fully saturated rings. The summed E-state index contributed by atoms with van der Waals surface area (Å²) in [6.45, 7) is 3.23. The van der Waals surface area contributed by atoms with E-state index in [9.17, 15) is 22.8 Å². The number of carboxylic acids is 1. The number of amides is 1. The fourth-order valence-corrected chi connectivity index (χ4v) is 2.85. The molecule has 0 aliphatic carbocycles. The van der Waals surface area contributed by atoms with Crippen molar-refractivity contribution in [1.82, 2.24) is 10.3 Å². The molecule has 2 aromatic heterocycles. The second-order valence-corrected chi connectivity index (χ2v) is 6.03. The van der Waals surface area contributed by atoms with Gasteiger partial charge in [-0.3, -0.25) is 4.79 Å². The summed E-state index contributed by atoms with van der Waals surface area (Å²) < 4.78 is 42.5. The molecule has 0 saturated heterocycles. The van der Waals surface area contributed by atoms with Crippen molar-refractivity contribution < 1.29 is 32.3 Å². The Hall–Kier alpha value is -2.36. The molecule has 0 aliphatic heterocycles. The molecule has 1 unspecified atom stereocenters. The predicted molar refractivity (Wildman–Crippen MR) is 78.9 cm³/mol. The van der Waals surface area contributed by atoms with E-state index >= 15 is 0 Å². The summed E-state index contributed by atoms with van der Waals surface area (Å²) in [6, 6.07) is 1.29. The van der Waals surface area contributed by atoms with Gasteiger partial charge < -0.3 is 14.8 Å². The number of halogens is 3. The molecule has 0 aromatic carbocycles. The highest BCUT2D eigenvalue weighted by Crippen LogP contribution is 2.29. The Morgan fingerprint density at radius 3 is 2.54 bits per heavy atom. The summed E-state index contributed by atoms with van der Waals surface area (Å²) in [5.74, 6) is -1.62. The summed E-state index contributed by atoms with van der Waals surface area (Å²) in [7, 11) is 0. The smallest absolute Gasteiger partial charge is 0.391 e. The van der Waals surface area contributed by atoms with E-state index in [4.69, 9.17) is 9.52 Å². The van der Waals surface area contributed by atoms with Gasteiger partial charge in [0.2, 0.25) is 0 Å². The molecule has 0 aliphatic rings. The van der Waals surface area contributed by atoms with Gasteiger partial charge in [0.05, 0.1) is 12.1 Å². The average Bonchev–Trinajstić information content (AvgIpc) is 3.02. The number of hydrogen-bond acceptors (Lipinski definition) is 5. The normalized spacial score (nSPS) is 12.9. The third kappa shape index (κ3) is 4.34. The van der Waals surface area contributed by atoms with Crippen LogP contribution in [0.5, 0.6) is 0 Å². The molecule has 10 heteroatoms. The molecule has 0 spiro atoms. The lowest BCUT2D eigenvalue weighted by molar-refractivity contribution is -0.157. The second-order valence-electron chi connectivity index (χ2n) is 5.03. The molecule has 0 bridgehead atoms. The van der Waals surface area contributed by atoms with Crippen LogP contribution in [0.4, 0.5) is 13.2 Å². The molecule has 1 amide bonds. The molecule has 2 rings (SSSR count). The van der Waals surface area contributed by atoms with E-state index < -0.39 is 30.5 Å². The van der Waals surface area contributed by atoms with Crippen molar-refractivity contribution in [3.63, 3.8) is 0 Å². The van der Waals surface area contributed by atoms with Crippen LogP contribution in [0.25, 0.3) is 10.8 Å². The van der Waals surface area contributed by atoms with Crippen molar-refractivity contribution in [2.24, 2.45) is 0 Å². The van der Waals surface area contributed by atoms with Gasteiger partial charge in [0.15, 0.2) is 10.8 Å². The van der Waals surface area contributed by atoms with Gasteiger partial charge in [-0.05, 0) is 26.0 Å². The van der Waals surface area contributed by atoms with Crippen LogP contribution in [-0.4, -0.2) is 34.2 Å². The van der Waals surface area contributed by atoms with Gasteiger partial charge in [0.1, 0.15) is 16.7 Å². The van der Waals surface area contributed by atoms with E-state index in [1.54, 1.807) is 19.1 Å². The molecular formula is C14H13F3N2O4S. The van der Waals surface area contributed by atoms with Crippen molar-refractivity contribution in [2.75, 3.05) is 0 Å². The van der Waals surface area contributed by atoms with Crippen molar-refractivity contribution in [2.45, 2.75) is 32.5 Å². The Bertz CT molecular complexity index is 766. The highest BCUT2D eigenvalue weighted by atomic mass is 32.1. The number of hydrogen-bond donors (Lipinski definition) is 2. The number of alkyl halides is 3. The van der Waals surface area contributed by atoms with Gasteiger partial charge in [-0.25, -0.2) is 9.78 Å². The highest BCUT2D eigenvalue weighted by Gasteiger charge is 2.36. The lowest BCUT2D eigenvalue weighted by atomic mass is 10.2. The Labute approximate surface area is 138 Å². The first kappa shape index (κ1) is 18.0. The van der Waals surface area contributed by atoms with Gasteiger partial charge >= 0.3 is 12.1 Å². The first-order valence-corrected chi connectivity index (χ1v) is 7.53. The number of aromatic nitrogens is 1. The van der Waals surface area contributed by atoms with E-state index in [1.807, 2.05) is 5.32 Å². The minimum absolute atomic E-state index is 0.0347. The fraction of sp³-hybridized carbons (Fsp3) is 0.357. The van der Waals surface area contributed by atoms with Gasteiger partial charge in [0.25, 0.3) is 5.91 Å². The van der Waals surface area contributed by atoms with Gasteiger partial charge in [-0.1, -0.05) is 0 Å². The van der Waals surface area contributed by atoms with E-state index in [0.717, 1.165) is 11.3 Å². The Morgan fingerprint density at radius 2 is 2.04 bits per heavy atom. The molecule has 130 valence electrons. The molecular weight excluding hydrogens is 349 g/mol. The molecule has 2 N–H and O–H groups in total. The SMILES string of the molecule is Cc1ccc(-c2nc(C)c(C(=O)NC(CC(F)(F)F)C(=O)O)s2)o1. The van der Waals surface area contributed by atoms with Crippen LogP contribution >= 0.6 is 11.3 Å². The molecule has 0 saturated carbocycles. The fourth-order valence-electron chi connectivity index (χ4n) is 1.92. The standard InChI is InChI=1S/C14H13F3N2O4S/c1-6-3-4-9(23-6)12-18-7(2)10(24-12)11(20)19-8(13(21)22)5-14(15,16)17/h3-4,8H,5H2,1-2H3,(H,19,20)(H,21,22). The predicted octanol–water partition coefficient (Wildman–Crippen LogP) is 3.16. The molecule has 2 aromatic rings. The minimum Gasteiger partial charge on any atom is -0.480 e. The Kier molecular flexibility index (Phi) is 4.97. The van der Waals surface area contributed by atoms with Crippen molar-refractivity contribution in [1.29, 1.82) is 0 Å². The maximum atomic E-state index is 12.4. The Morgan fingerprint density at radius 1 is 1.38 bits per heavy atom. The van der Waals surface area contributed by atoms with Crippen LogP contribution < -0.4 is 5.32 Å². The van der Waals surface area contributed by atoms with Crippen LogP contribution in [-0.2, 0) is 4.79 Å². The maximum Gasteiger partial charge on any atom is 0.391 e. The third-order valence-electron chi connectivity index (χ3n) is 2.99. The summed E-state index contributed by atoms with van der Waals surface area (Å²) in [5.41, 5.74) is 0.276. The number of aryl methyl sites for hydroxylation is 2. The highest BCUT2D eigenvalue weighted by molar-refractivity contribution is 7.17. The van der Waals surface area contributed by atoms with Crippen LogP contribution in [0.15, 0.2) is 16.5 Å². The van der Waals surface area contributed by atoms with Crippen molar-refractivity contribution in [3.05, 3.63) is 28.5 Å². The van der Waals surface area contributed by atoms with Gasteiger partial charge in [0, 0.05) is 0 Å². The second kappa shape index (κ2) is 6.63. The Balaban J connectivity index is 2.20. The summed E-state index contributed by atoms with van der Waals surface area (Å²) in [5, 5.41) is 11.1.